The normalized spacial score (nSPS) is 12.4. The third-order valence-corrected chi connectivity index (χ3v) is 2.73. The van der Waals surface area contributed by atoms with Crippen molar-refractivity contribution in [1.29, 1.82) is 0 Å². The molecule has 0 bridgehead atoms. The van der Waals surface area contributed by atoms with Gasteiger partial charge < -0.3 is 10.5 Å². The second-order valence-corrected chi connectivity index (χ2v) is 4.85. The summed E-state index contributed by atoms with van der Waals surface area (Å²) in [4.78, 5) is 4.50. The van der Waals surface area contributed by atoms with Gasteiger partial charge in [0.05, 0.1) is 11.4 Å². The Morgan fingerprint density at radius 3 is 2.79 bits per heavy atom. The quantitative estimate of drug-likeness (QED) is 0.886. The fraction of sp³-hybridized carbons (Fsp3) is 0.429. The first-order valence-electron chi connectivity index (χ1n) is 6.38. The van der Waals surface area contributed by atoms with Crippen LogP contribution in [0.15, 0.2) is 24.4 Å². The highest BCUT2D eigenvalue weighted by molar-refractivity contribution is 5.30. The first-order valence-corrected chi connectivity index (χ1v) is 6.38. The zero-order chi connectivity index (χ0) is 13.8. The van der Waals surface area contributed by atoms with Gasteiger partial charge in [-0.2, -0.15) is 5.10 Å². The van der Waals surface area contributed by atoms with Crippen molar-refractivity contribution in [3.8, 4) is 5.75 Å². The number of hydrogen-bond acceptors (Lipinski definition) is 4. The second kappa shape index (κ2) is 5.84. The Labute approximate surface area is 113 Å². The van der Waals surface area contributed by atoms with Crippen molar-refractivity contribution in [2.24, 2.45) is 12.8 Å². The van der Waals surface area contributed by atoms with Gasteiger partial charge >= 0.3 is 0 Å². The van der Waals surface area contributed by atoms with E-state index in [-0.39, 0.29) is 6.04 Å². The van der Waals surface area contributed by atoms with Crippen LogP contribution in [0.25, 0.3) is 0 Å². The molecule has 0 aliphatic rings. The van der Waals surface area contributed by atoms with Crippen molar-refractivity contribution < 1.29 is 4.74 Å². The number of pyridine rings is 1. The molecule has 0 spiro atoms. The maximum Gasteiger partial charge on any atom is 0.141 e. The second-order valence-electron chi connectivity index (χ2n) is 4.85. The summed E-state index contributed by atoms with van der Waals surface area (Å²) in [5, 5.41) is 4.28. The van der Waals surface area contributed by atoms with Gasteiger partial charge in [0, 0.05) is 31.4 Å². The van der Waals surface area contributed by atoms with Crippen LogP contribution in [-0.4, -0.2) is 20.8 Å². The predicted molar refractivity (Wildman–Crippen MR) is 73.9 cm³/mol. The Morgan fingerprint density at radius 2 is 2.16 bits per heavy atom. The van der Waals surface area contributed by atoms with Crippen LogP contribution in [0.2, 0.25) is 0 Å². The molecule has 0 amide bonds. The van der Waals surface area contributed by atoms with Crippen LogP contribution >= 0.6 is 0 Å². The number of rotatable bonds is 5. The fourth-order valence-corrected chi connectivity index (χ4v) is 1.87. The fourth-order valence-electron chi connectivity index (χ4n) is 1.87. The van der Waals surface area contributed by atoms with Crippen LogP contribution in [0.1, 0.15) is 24.0 Å². The third kappa shape index (κ3) is 3.79. The molecule has 2 aromatic heterocycles. The maximum atomic E-state index is 5.84. The highest BCUT2D eigenvalue weighted by Gasteiger charge is 2.09. The lowest BCUT2D eigenvalue weighted by atomic mass is 10.1. The molecule has 0 saturated carbocycles. The Bertz CT molecular complexity index is 548. The lowest BCUT2D eigenvalue weighted by Crippen LogP contribution is -2.19. The average Bonchev–Trinajstić information content (AvgIpc) is 2.73. The molecular weight excluding hydrogens is 240 g/mol. The van der Waals surface area contributed by atoms with Crippen LogP contribution in [-0.2, 0) is 20.1 Å². The topological polar surface area (TPSA) is 66.0 Å². The summed E-state index contributed by atoms with van der Waals surface area (Å²) in [5.41, 5.74) is 8.62. The van der Waals surface area contributed by atoms with E-state index in [0.29, 0.717) is 13.0 Å². The first-order chi connectivity index (χ1) is 9.04. The summed E-state index contributed by atoms with van der Waals surface area (Å²) >= 11 is 0. The lowest BCUT2D eigenvalue weighted by Gasteiger charge is -2.12. The molecule has 5 nitrogen and oxygen atoms in total. The van der Waals surface area contributed by atoms with E-state index < -0.39 is 0 Å². The smallest absolute Gasteiger partial charge is 0.141 e. The molecule has 2 N–H and O–H groups in total. The Kier molecular flexibility index (Phi) is 4.16. The summed E-state index contributed by atoms with van der Waals surface area (Å²) in [7, 11) is 1.89. The number of nitrogens with two attached hydrogens (primary N) is 1. The molecule has 2 rings (SSSR count). The SMILES string of the molecule is Cc1ccc(OCc2ccn(C)n2)c(CC(C)N)n1. The monoisotopic (exact) mass is 260 g/mol. The Hall–Kier alpha value is -1.88. The molecule has 0 radical (unpaired) electrons. The molecule has 2 aromatic rings. The summed E-state index contributed by atoms with van der Waals surface area (Å²) in [6, 6.07) is 5.89. The first kappa shape index (κ1) is 13.5. The zero-order valence-electron chi connectivity index (χ0n) is 11.6. The van der Waals surface area contributed by atoms with Gasteiger partial charge in [-0.15, -0.1) is 0 Å². The molecule has 0 fully saturated rings. The van der Waals surface area contributed by atoms with E-state index in [1.807, 2.05) is 45.3 Å². The van der Waals surface area contributed by atoms with Crippen molar-refractivity contribution in [1.82, 2.24) is 14.8 Å². The standard InChI is InChI=1S/C14H20N4O/c1-10(15)8-13-14(5-4-11(2)16-13)19-9-12-6-7-18(3)17-12/h4-7,10H,8-9,15H2,1-3H3. The van der Waals surface area contributed by atoms with Crippen LogP contribution in [0, 0.1) is 6.92 Å². The Balaban J connectivity index is 2.10. The molecule has 0 aliphatic carbocycles. The van der Waals surface area contributed by atoms with Crippen molar-refractivity contribution in [3.63, 3.8) is 0 Å². The number of nitrogens with zero attached hydrogens (tertiary/aromatic N) is 3. The summed E-state index contributed by atoms with van der Waals surface area (Å²) < 4.78 is 7.56. The Morgan fingerprint density at radius 1 is 1.37 bits per heavy atom. The van der Waals surface area contributed by atoms with E-state index in [1.54, 1.807) is 4.68 Å². The molecule has 0 aromatic carbocycles. The van der Waals surface area contributed by atoms with Gasteiger partial charge in [-0.25, -0.2) is 0 Å². The van der Waals surface area contributed by atoms with Gasteiger partial charge in [0.25, 0.3) is 0 Å². The minimum absolute atomic E-state index is 0.0616. The number of ether oxygens (including phenoxy) is 1. The number of aromatic nitrogens is 3. The number of aryl methyl sites for hydroxylation is 2. The minimum Gasteiger partial charge on any atom is -0.485 e. The highest BCUT2D eigenvalue weighted by atomic mass is 16.5. The molecule has 0 saturated heterocycles. The predicted octanol–water partition coefficient (Wildman–Crippen LogP) is 1.59. The van der Waals surface area contributed by atoms with Gasteiger partial charge in [0.15, 0.2) is 0 Å². The van der Waals surface area contributed by atoms with Crippen LogP contribution in [0.5, 0.6) is 5.75 Å². The van der Waals surface area contributed by atoms with Gasteiger partial charge in [0.2, 0.25) is 0 Å². The van der Waals surface area contributed by atoms with Gasteiger partial charge in [-0.1, -0.05) is 0 Å². The van der Waals surface area contributed by atoms with Gasteiger partial charge in [-0.3, -0.25) is 9.67 Å². The van der Waals surface area contributed by atoms with Gasteiger partial charge in [0.1, 0.15) is 12.4 Å². The highest BCUT2D eigenvalue weighted by Crippen LogP contribution is 2.19. The average molecular weight is 260 g/mol. The molecule has 1 atom stereocenters. The van der Waals surface area contributed by atoms with E-state index in [9.17, 15) is 0 Å². The van der Waals surface area contributed by atoms with Gasteiger partial charge in [-0.05, 0) is 32.0 Å². The van der Waals surface area contributed by atoms with E-state index in [1.165, 1.54) is 0 Å². The maximum absolute atomic E-state index is 5.84. The van der Waals surface area contributed by atoms with E-state index in [2.05, 4.69) is 10.1 Å². The summed E-state index contributed by atoms with van der Waals surface area (Å²) in [6.07, 6.45) is 2.61. The largest absolute Gasteiger partial charge is 0.485 e. The number of hydrogen-bond donors (Lipinski definition) is 1. The zero-order valence-corrected chi connectivity index (χ0v) is 11.6. The van der Waals surface area contributed by atoms with E-state index >= 15 is 0 Å². The van der Waals surface area contributed by atoms with Crippen LogP contribution in [0.4, 0.5) is 0 Å². The molecule has 19 heavy (non-hydrogen) atoms. The van der Waals surface area contributed by atoms with E-state index in [4.69, 9.17) is 10.5 Å². The molecular formula is C14H20N4O. The van der Waals surface area contributed by atoms with Crippen molar-refractivity contribution in [2.75, 3.05) is 0 Å². The van der Waals surface area contributed by atoms with E-state index in [0.717, 1.165) is 22.8 Å². The molecule has 0 aliphatic heterocycles. The summed E-state index contributed by atoms with van der Waals surface area (Å²) in [5.74, 6) is 0.786. The molecule has 2 heterocycles. The molecule has 1 unspecified atom stereocenters. The third-order valence-electron chi connectivity index (χ3n) is 2.73. The van der Waals surface area contributed by atoms with Crippen LogP contribution < -0.4 is 10.5 Å². The van der Waals surface area contributed by atoms with Crippen LogP contribution in [0.3, 0.4) is 0 Å². The van der Waals surface area contributed by atoms with Crippen molar-refractivity contribution in [2.45, 2.75) is 32.9 Å². The summed E-state index contributed by atoms with van der Waals surface area (Å²) in [6.45, 7) is 4.37. The molecule has 102 valence electrons. The lowest BCUT2D eigenvalue weighted by molar-refractivity contribution is 0.294. The van der Waals surface area contributed by atoms with Crippen molar-refractivity contribution in [3.05, 3.63) is 41.5 Å². The molecule has 5 heteroatoms. The van der Waals surface area contributed by atoms with Crippen molar-refractivity contribution >= 4 is 0 Å². The minimum atomic E-state index is 0.0616.